The summed E-state index contributed by atoms with van der Waals surface area (Å²) in [5.41, 5.74) is 9.60. The van der Waals surface area contributed by atoms with Crippen molar-refractivity contribution in [1.82, 2.24) is 0 Å². The van der Waals surface area contributed by atoms with Gasteiger partial charge in [-0.2, -0.15) is 4.79 Å². The molecular weight excluding hydrogens is 176 g/mol. The number of ketones is 1. The second kappa shape index (κ2) is 4.65. The van der Waals surface area contributed by atoms with Crippen molar-refractivity contribution in [2.75, 3.05) is 0 Å². The van der Waals surface area contributed by atoms with E-state index in [2.05, 4.69) is 4.79 Å². The van der Waals surface area contributed by atoms with Crippen LogP contribution in [-0.2, 0) is 4.79 Å². The summed E-state index contributed by atoms with van der Waals surface area (Å²) in [6.45, 7) is 1.50. The van der Waals surface area contributed by atoms with Crippen molar-refractivity contribution in [3.05, 3.63) is 29.3 Å². The van der Waals surface area contributed by atoms with E-state index < -0.39 is 0 Å². The maximum absolute atomic E-state index is 10.8. The predicted octanol–water partition coefficient (Wildman–Crippen LogP) is 1.55. The second-order valence-corrected chi connectivity index (χ2v) is 2.38. The molecule has 12 heavy (non-hydrogen) atoms. The Kier molecular flexibility index (Phi) is 4.19. The van der Waals surface area contributed by atoms with Gasteiger partial charge in [-0.3, -0.25) is 4.79 Å². The van der Waals surface area contributed by atoms with Crippen molar-refractivity contribution < 1.29 is 9.58 Å². The van der Waals surface area contributed by atoms with Crippen LogP contribution in [0.3, 0.4) is 0 Å². The van der Waals surface area contributed by atoms with E-state index in [4.69, 9.17) is 5.53 Å². The number of carbonyl (C=O) groups is 1. The molecule has 0 bridgehead atoms. The average Bonchev–Trinajstić information content (AvgIpc) is 2.05. The highest BCUT2D eigenvalue weighted by Gasteiger charge is 2.13. The lowest BCUT2D eigenvalue weighted by molar-refractivity contribution is -0.113. The van der Waals surface area contributed by atoms with Crippen LogP contribution in [0.2, 0.25) is 0 Å². The van der Waals surface area contributed by atoms with E-state index in [9.17, 15) is 4.79 Å². The number of rotatable bonds is 1. The van der Waals surface area contributed by atoms with Gasteiger partial charge in [-0.25, -0.2) is 0 Å². The van der Waals surface area contributed by atoms with Crippen LogP contribution < -0.4 is 0 Å². The molecule has 1 aliphatic rings. The van der Waals surface area contributed by atoms with Crippen LogP contribution in [0.25, 0.3) is 5.53 Å². The van der Waals surface area contributed by atoms with Gasteiger partial charge in [0.2, 0.25) is 0 Å². The molecule has 0 aliphatic heterocycles. The molecule has 0 aromatic rings. The molecule has 1 rings (SSSR count). The first-order valence-electron chi connectivity index (χ1n) is 3.33. The highest BCUT2D eigenvalue weighted by Crippen LogP contribution is 2.09. The van der Waals surface area contributed by atoms with Crippen molar-refractivity contribution in [1.29, 1.82) is 0 Å². The Balaban J connectivity index is 0.00000121. The summed E-state index contributed by atoms with van der Waals surface area (Å²) in [6.07, 6.45) is 5.54. The van der Waals surface area contributed by atoms with E-state index in [0.29, 0.717) is 17.7 Å². The van der Waals surface area contributed by atoms with Gasteiger partial charge in [-0.05, 0) is 6.92 Å². The Hall–Kier alpha value is -1.18. The summed E-state index contributed by atoms with van der Waals surface area (Å²) in [4.78, 5) is 13.8. The lowest BCUT2D eigenvalue weighted by Crippen LogP contribution is -2.07. The summed E-state index contributed by atoms with van der Waals surface area (Å²) in [5.74, 6) is 0.0236. The average molecular weight is 185 g/mol. The molecule has 0 saturated heterocycles. The Bertz CT molecular complexity index is 298. The molecule has 0 fully saturated rings. The molecule has 0 amide bonds. The summed E-state index contributed by atoms with van der Waals surface area (Å²) >= 11 is 0. The lowest BCUT2D eigenvalue weighted by atomic mass is 10.0. The Morgan fingerprint density at radius 1 is 1.67 bits per heavy atom. The van der Waals surface area contributed by atoms with Crippen LogP contribution >= 0.6 is 12.4 Å². The van der Waals surface area contributed by atoms with E-state index in [-0.39, 0.29) is 18.2 Å². The minimum absolute atomic E-state index is 0. The SMILES string of the molecule is CC(=O)C1=CC=CC(=[N+]=[N-])C1.Cl. The Morgan fingerprint density at radius 3 is 2.83 bits per heavy atom. The van der Waals surface area contributed by atoms with Crippen molar-refractivity contribution in [2.45, 2.75) is 13.3 Å². The molecule has 0 N–H and O–H groups in total. The molecule has 0 saturated carbocycles. The minimum atomic E-state index is 0. The van der Waals surface area contributed by atoms with Gasteiger partial charge in [0.25, 0.3) is 5.71 Å². The third-order valence-electron chi connectivity index (χ3n) is 1.54. The summed E-state index contributed by atoms with van der Waals surface area (Å²) in [7, 11) is 0. The molecule has 0 unspecified atom stereocenters. The quantitative estimate of drug-likeness (QED) is 0.451. The molecule has 0 radical (unpaired) electrons. The van der Waals surface area contributed by atoms with Crippen LogP contribution in [0.4, 0.5) is 0 Å². The maximum atomic E-state index is 10.8. The summed E-state index contributed by atoms with van der Waals surface area (Å²) in [5, 5.41) is 0. The van der Waals surface area contributed by atoms with Gasteiger partial charge in [-0.15, -0.1) is 12.4 Å². The van der Waals surface area contributed by atoms with Crippen LogP contribution in [0.5, 0.6) is 0 Å². The van der Waals surface area contributed by atoms with Crippen LogP contribution in [0, 0.1) is 0 Å². The first-order valence-corrected chi connectivity index (χ1v) is 3.33. The maximum Gasteiger partial charge on any atom is 0.296 e. The predicted molar refractivity (Wildman–Crippen MR) is 48.4 cm³/mol. The highest BCUT2D eigenvalue weighted by molar-refractivity contribution is 6.04. The third-order valence-corrected chi connectivity index (χ3v) is 1.54. The fourth-order valence-corrected chi connectivity index (χ4v) is 0.899. The standard InChI is InChI=1S/C8H8N2O.ClH/c1-6(11)7-3-2-4-8(5-7)10-9;/h2-4H,5H2,1H3;1H. The molecule has 64 valence electrons. The van der Waals surface area contributed by atoms with E-state index in [0.717, 1.165) is 0 Å². The summed E-state index contributed by atoms with van der Waals surface area (Å²) in [6, 6.07) is 0. The van der Waals surface area contributed by atoms with Gasteiger partial charge in [0.15, 0.2) is 5.78 Å². The topological polar surface area (TPSA) is 53.5 Å². The molecule has 0 aromatic carbocycles. The molecule has 0 atom stereocenters. The largest absolute Gasteiger partial charge is 0.361 e. The fraction of sp³-hybridized carbons (Fsp3) is 0.250. The van der Waals surface area contributed by atoms with Crippen molar-refractivity contribution in [3.8, 4) is 0 Å². The fourth-order valence-electron chi connectivity index (χ4n) is 0.899. The van der Waals surface area contributed by atoms with Crippen LogP contribution in [0.15, 0.2) is 23.8 Å². The number of allylic oxidation sites excluding steroid dienone is 4. The number of Topliss-reactive ketones (excluding diaryl/α,β-unsaturated/α-hetero) is 1. The van der Waals surface area contributed by atoms with Crippen molar-refractivity contribution in [3.63, 3.8) is 0 Å². The lowest BCUT2D eigenvalue weighted by Gasteiger charge is -1.99. The van der Waals surface area contributed by atoms with Gasteiger partial charge < -0.3 is 5.53 Å². The third kappa shape index (κ3) is 2.46. The van der Waals surface area contributed by atoms with Gasteiger partial charge in [0, 0.05) is 11.6 Å². The molecule has 0 heterocycles. The summed E-state index contributed by atoms with van der Waals surface area (Å²) < 4.78 is 0. The highest BCUT2D eigenvalue weighted by atomic mass is 35.5. The zero-order chi connectivity index (χ0) is 8.27. The van der Waals surface area contributed by atoms with E-state index in [1.807, 2.05) is 0 Å². The monoisotopic (exact) mass is 184 g/mol. The number of hydrogen-bond acceptors (Lipinski definition) is 1. The van der Waals surface area contributed by atoms with Gasteiger partial charge in [0.1, 0.15) is 0 Å². The number of halogens is 1. The smallest absolute Gasteiger partial charge is 0.296 e. The van der Waals surface area contributed by atoms with Crippen molar-refractivity contribution >= 4 is 23.9 Å². The molecule has 0 aromatic heterocycles. The second-order valence-electron chi connectivity index (χ2n) is 2.38. The molecule has 0 spiro atoms. The number of carbonyl (C=O) groups excluding carboxylic acids is 1. The molecule has 1 aliphatic carbocycles. The normalized spacial score (nSPS) is 14.4. The first kappa shape index (κ1) is 10.8. The Morgan fingerprint density at radius 2 is 2.33 bits per heavy atom. The minimum Gasteiger partial charge on any atom is -0.361 e. The van der Waals surface area contributed by atoms with E-state index in [1.54, 1.807) is 18.2 Å². The molecular formula is C8H9ClN2O. The van der Waals surface area contributed by atoms with Gasteiger partial charge in [-0.1, -0.05) is 12.2 Å². The van der Waals surface area contributed by atoms with Crippen LogP contribution in [0.1, 0.15) is 13.3 Å². The van der Waals surface area contributed by atoms with E-state index >= 15 is 0 Å². The zero-order valence-corrected chi connectivity index (χ0v) is 7.47. The first-order chi connectivity index (χ1) is 5.24. The van der Waals surface area contributed by atoms with Crippen LogP contribution in [-0.4, -0.2) is 16.3 Å². The van der Waals surface area contributed by atoms with E-state index in [1.165, 1.54) is 6.92 Å². The molecule has 4 heteroatoms. The van der Waals surface area contributed by atoms with Crippen molar-refractivity contribution in [2.24, 2.45) is 0 Å². The van der Waals surface area contributed by atoms with Gasteiger partial charge in [0.05, 0.1) is 6.42 Å². The molecule has 3 nitrogen and oxygen atoms in total. The number of hydrogen-bond donors (Lipinski definition) is 0. The number of nitrogens with zero attached hydrogens (tertiary/aromatic N) is 2. The van der Waals surface area contributed by atoms with Gasteiger partial charge >= 0.3 is 0 Å². The zero-order valence-electron chi connectivity index (χ0n) is 6.65. The Labute approximate surface area is 76.8 Å².